The summed E-state index contributed by atoms with van der Waals surface area (Å²) in [6.07, 6.45) is 6.73. The van der Waals surface area contributed by atoms with E-state index < -0.39 is 0 Å². The van der Waals surface area contributed by atoms with Crippen molar-refractivity contribution in [1.29, 1.82) is 0 Å². The zero-order valence-electron chi connectivity index (χ0n) is 10.7. The Kier molecular flexibility index (Phi) is 4.87. The molecule has 0 radical (unpaired) electrons. The molecule has 2 nitrogen and oxygen atoms in total. The zero-order valence-corrected chi connectivity index (χ0v) is 10.7. The zero-order chi connectivity index (χ0) is 11.9. The molecular weight excluding hydrogens is 210 g/mol. The summed E-state index contributed by atoms with van der Waals surface area (Å²) in [4.78, 5) is 0. The van der Waals surface area contributed by atoms with E-state index in [2.05, 4.69) is 36.5 Å². The van der Waals surface area contributed by atoms with Gasteiger partial charge in [-0.05, 0) is 56.3 Å². The molecule has 0 aliphatic heterocycles. The summed E-state index contributed by atoms with van der Waals surface area (Å²) in [5.74, 6) is 1.02. The van der Waals surface area contributed by atoms with Crippen molar-refractivity contribution in [2.75, 3.05) is 6.54 Å². The fourth-order valence-corrected chi connectivity index (χ4v) is 2.29. The van der Waals surface area contributed by atoms with Crippen LogP contribution in [0.4, 0.5) is 0 Å². The van der Waals surface area contributed by atoms with Gasteiger partial charge in [-0.3, -0.25) is 0 Å². The lowest BCUT2D eigenvalue weighted by molar-refractivity contribution is 0.210. The van der Waals surface area contributed by atoms with Gasteiger partial charge in [0.1, 0.15) is 5.75 Å². The van der Waals surface area contributed by atoms with Crippen molar-refractivity contribution in [2.45, 2.75) is 51.7 Å². The number of hydrogen-bond acceptors (Lipinski definition) is 2. The highest BCUT2D eigenvalue weighted by Gasteiger charge is 2.16. The first-order valence-corrected chi connectivity index (χ1v) is 6.85. The molecule has 0 spiro atoms. The molecule has 1 fully saturated rings. The largest absolute Gasteiger partial charge is 0.490 e. The predicted octanol–water partition coefficient (Wildman–Crippen LogP) is 3.51. The first kappa shape index (κ1) is 12.4. The van der Waals surface area contributed by atoms with Crippen molar-refractivity contribution in [3.8, 4) is 5.75 Å². The molecule has 1 aromatic carbocycles. The maximum Gasteiger partial charge on any atom is 0.119 e. The minimum Gasteiger partial charge on any atom is -0.490 e. The second-order valence-electron chi connectivity index (χ2n) is 4.85. The summed E-state index contributed by atoms with van der Waals surface area (Å²) < 4.78 is 5.94. The Hall–Kier alpha value is -1.02. The lowest BCUT2D eigenvalue weighted by atomic mass is 10.2. The van der Waals surface area contributed by atoms with Gasteiger partial charge in [-0.25, -0.2) is 0 Å². The van der Waals surface area contributed by atoms with Crippen LogP contribution in [0.3, 0.4) is 0 Å². The maximum atomic E-state index is 5.94. The minimum atomic E-state index is 0.457. The summed E-state index contributed by atoms with van der Waals surface area (Å²) >= 11 is 0. The fourth-order valence-electron chi connectivity index (χ4n) is 2.29. The van der Waals surface area contributed by atoms with Crippen molar-refractivity contribution in [1.82, 2.24) is 5.32 Å². The second kappa shape index (κ2) is 6.65. The molecule has 0 unspecified atom stereocenters. The monoisotopic (exact) mass is 233 g/mol. The Morgan fingerprint density at radius 3 is 2.53 bits per heavy atom. The van der Waals surface area contributed by atoms with Gasteiger partial charge in [0.2, 0.25) is 0 Å². The number of nitrogens with one attached hydrogen (secondary N) is 1. The topological polar surface area (TPSA) is 21.3 Å². The van der Waals surface area contributed by atoms with E-state index in [9.17, 15) is 0 Å². The number of rotatable bonds is 6. The minimum absolute atomic E-state index is 0.457. The van der Waals surface area contributed by atoms with Crippen LogP contribution in [0, 0.1) is 0 Å². The van der Waals surface area contributed by atoms with Gasteiger partial charge in [0.15, 0.2) is 0 Å². The summed E-state index contributed by atoms with van der Waals surface area (Å²) in [5.41, 5.74) is 1.33. The highest BCUT2D eigenvalue weighted by Crippen LogP contribution is 2.24. The molecule has 1 aromatic rings. The maximum absolute atomic E-state index is 5.94. The molecule has 94 valence electrons. The Morgan fingerprint density at radius 1 is 1.18 bits per heavy atom. The highest BCUT2D eigenvalue weighted by molar-refractivity contribution is 5.27. The lowest BCUT2D eigenvalue weighted by Gasteiger charge is -2.13. The van der Waals surface area contributed by atoms with Crippen LogP contribution in [0.5, 0.6) is 5.75 Å². The third kappa shape index (κ3) is 4.04. The summed E-state index contributed by atoms with van der Waals surface area (Å²) in [5, 5.41) is 3.40. The van der Waals surface area contributed by atoms with E-state index in [1.165, 1.54) is 37.7 Å². The molecule has 0 atom stereocenters. The van der Waals surface area contributed by atoms with Crippen molar-refractivity contribution < 1.29 is 4.74 Å². The normalized spacial score (nSPS) is 16.3. The second-order valence-corrected chi connectivity index (χ2v) is 4.85. The highest BCUT2D eigenvalue weighted by atomic mass is 16.5. The summed E-state index contributed by atoms with van der Waals surface area (Å²) in [7, 11) is 0. The van der Waals surface area contributed by atoms with Gasteiger partial charge in [0, 0.05) is 6.54 Å². The summed E-state index contributed by atoms with van der Waals surface area (Å²) in [6.45, 7) is 4.23. The predicted molar refractivity (Wildman–Crippen MR) is 71.3 cm³/mol. The smallest absolute Gasteiger partial charge is 0.119 e. The molecule has 0 amide bonds. The third-order valence-corrected chi connectivity index (χ3v) is 3.28. The van der Waals surface area contributed by atoms with Crippen LogP contribution in [0.1, 0.15) is 44.6 Å². The van der Waals surface area contributed by atoms with E-state index in [4.69, 9.17) is 4.74 Å². The average molecular weight is 233 g/mol. The van der Waals surface area contributed by atoms with Gasteiger partial charge in [0.25, 0.3) is 0 Å². The van der Waals surface area contributed by atoms with Crippen molar-refractivity contribution in [3.05, 3.63) is 29.8 Å². The molecule has 0 heterocycles. The van der Waals surface area contributed by atoms with Crippen LogP contribution in [0.2, 0.25) is 0 Å². The van der Waals surface area contributed by atoms with Crippen LogP contribution < -0.4 is 10.1 Å². The standard InChI is InChI=1S/C15H23NO/c1-2-11-16-12-13-7-9-15(10-8-13)17-14-5-3-4-6-14/h7-10,14,16H,2-6,11-12H2,1H3. The van der Waals surface area contributed by atoms with E-state index in [0.29, 0.717) is 6.10 Å². The van der Waals surface area contributed by atoms with Crippen molar-refractivity contribution in [3.63, 3.8) is 0 Å². The number of hydrogen-bond donors (Lipinski definition) is 1. The van der Waals surface area contributed by atoms with E-state index >= 15 is 0 Å². The molecule has 1 aliphatic rings. The van der Waals surface area contributed by atoms with Gasteiger partial charge in [-0.15, -0.1) is 0 Å². The fraction of sp³-hybridized carbons (Fsp3) is 0.600. The van der Waals surface area contributed by atoms with E-state index in [1.54, 1.807) is 0 Å². The van der Waals surface area contributed by atoms with Gasteiger partial charge < -0.3 is 10.1 Å². The Bertz CT molecular complexity index is 314. The molecular formula is C15H23NO. The van der Waals surface area contributed by atoms with E-state index in [1.807, 2.05) is 0 Å². The van der Waals surface area contributed by atoms with Crippen LogP contribution in [-0.2, 0) is 6.54 Å². The SMILES string of the molecule is CCCNCc1ccc(OC2CCCC2)cc1. The number of benzene rings is 1. The Morgan fingerprint density at radius 2 is 1.88 bits per heavy atom. The van der Waals surface area contributed by atoms with Crippen LogP contribution >= 0.6 is 0 Å². The lowest BCUT2D eigenvalue weighted by Crippen LogP contribution is -2.14. The van der Waals surface area contributed by atoms with E-state index in [-0.39, 0.29) is 0 Å². The first-order chi connectivity index (χ1) is 8.38. The molecule has 1 saturated carbocycles. The molecule has 1 aliphatic carbocycles. The van der Waals surface area contributed by atoms with Crippen LogP contribution in [-0.4, -0.2) is 12.6 Å². The van der Waals surface area contributed by atoms with Gasteiger partial charge in [-0.1, -0.05) is 19.1 Å². The van der Waals surface area contributed by atoms with Crippen LogP contribution in [0.15, 0.2) is 24.3 Å². The van der Waals surface area contributed by atoms with Gasteiger partial charge in [-0.2, -0.15) is 0 Å². The molecule has 17 heavy (non-hydrogen) atoms. The summed E-state index contributed by atoms with van der Waals surface area (Å²) in [6, 6.07) is 8.52. The van der Waals surface area contributed by atoms with Crippen molar-refractivity contribution in [2.24, 2.45) is 0 Å². The quantitative estimate of drug-likeness (QED) is 0.759. The molecule has 2 rings (SSSR count). The van der Waals surface area contributed by atoms with E-state index in [0.717, 1.165) is 18.8 Å². The first-order valence-electron chi connectivity index (χ1n) is 6.85. The molecule has 1 N–H and O–H groups in total. The van der Waals surface area contributed by atoms with Crippen LogP contribution in [0.25, 0.3) is 0 Å². The third-order valence-electron chi connectivity index (χ3n) is 3.28. The molecule has 0 aromatic heterocycles. The Balaban J connectivity index is 1.80. The molecule has 0 saturated heterocycles. The van der Waals surface area contributed by atoms with Gasteiger partial charge >= 0.3 is 0 Å². The Labute approximate surface area is 104 Å². The number of ether oxygens (including phenoxy) is 1. The molecule has 0 bridgehead atoms. The van der Waals surface area contributed by atoms with Crippen molar-refractivity contribution >= 4 is 0 Å². The molecule has 2 heteroatoms. The average Bonchev–Trinajstić information content (AvgIpc) is 2.85. The van der Waals surface area contributed by atoms with Gasteiger partial charge in [0.05, 0.1) is 6.10 Å².